The van der Waals surface area contributed by atoms with Crippen LogP contribution in [0.1, 0.15) is 11.5 Å². The molecule has 4 nitrogen and oxygen atoms in total. The summed E-state index contributed by atoms with van der Waals surface area (Å²) in [4.78, 5) is 13.5. The first-order chi connectivity index (χ1) is 33.7. The Hall–Kier alpha value is -8.86. The van der Waals surface area contributed by atoms with Gasteiger partial charge in [-0.15, -0.1) is 0 Å². The zero-order valence-corrected chi connectivity index (χ0v) is 37.2. The lowest BCUT2D eigenvalue weighted by molar-refractivity contribution is 0.741. The predicted octanol–water partition coefficient (Wildman–Crippen LogP) is 16.3. The molecule has 4 heteroatoms. The maximum atomic E-state index is 5.52. The molecule has 68 heavy (non-hydrogen) atoms. The molecule has 8 aromatic carbocycles. The van der Waals surface area contributed by atoms with Crippen LogP contribution in [0.15, 0.2) is 255 Å². The monoisotopic (exact) mass is 868 g/mol. The van der Waals surface area contributed by atoms with Gasteiger partial charge in [0.1, 0.15) is 11.6 Å². The molecule has 0 saturated carbocycles. The third-order valence-electron chi connectivity index (χ3n) is 13.7. The molecular weight excluding hydrogens is 825 g/mol. The number of allylic oxidation sites excluding steroid dienone is 2. The minimum atomic E-state index is 0.0538. The summed E-state index contributed by atoms with van der Waals surface area (Å²) >= 11 is 0. The van der Waals surface area contributed by atoms with E-state index in [-0.39, 0.29) is 12.0 Å². The maximum absolute atomic E-state index is 5.52. The Balaban J connectivity index is 0.946. The van der Waals surface area contributed by atoms with Crippen LogP contribution in [-0.2, 0) is 0 Å². The summed E-state index contributed by atoms with van der Waals surface area (Å²) in [5.41, 5.74) is 18.1. The first kappa shape index (κ1) is 39.5. The molecule has 4 heterocycles. The van der Waals surface area contributed by atoms with Crippen molar-refractivity contribution in [3.8, 4) is 72.8 Å². The van der Waals surface area contributed by atoms with Crippen LogP contribution < -0.4 is 4.90 Å². The van der Waals surface area contributed by atoms with E-state index < -0.39 is 0 Å². The SMILES string of the molecule is C1=CC2c3c(ccc4c3c3ccccc3n4-c3cccc(-c4cc(-c5ccccc5)cc(-c5ccccc5)c4)n3)N(c3cccc(-c4cc(-c5ccccc5)cc(-c5ccccc5)c4)n3)C2C=C1. The Morgan fingerprint density at radius 2 is 0.794 bits per heavy atom. The summed E-state index contributed by atoms with van der Waals surface area (Å²) < 4.78 is 2.36. The van der Waals surface area contributed by atoms with Gasteiger partial charge in [0.25, 0.3) is 0 Å². The van der Waals surface area contributed by atoms with Crippen molar-refractivity contribution >= 4 is 33.3 Å². The van der Waals surface area contributed by atoms with Crippen LogP contribution in [0.4, 0.5) is 11.5 Å². The quantitative estimate of drug-likeness (QED) is 0.153. The number of fused-ring (bicyclic) bond motifs is 7. The van der Waals surface area contributed by atoms with E-state index in [4.69, 9.17) is 9.97 Å². The largest absolute Gasteiger partial charge is 0.318 e. The third kappa shape index (κ3) is 6.85. The molecule has 13 rings (SSSR count). The van der Waals surface area contributed by atoms with E-state index >= 15 is 0 Å². The third-order valence-corrected chi connectivity index (χ3v) is 13.7. The van der Waals surface area contributed by atoms with Gasteiger partial charge in [-0.2, -0.15) is 0 Å². The van der Waals surface area contributed by atoms with Crippen molar-refractivity contribution in [1.29, 1.82) is 0 Å². The number of anilines is 2. The highest BCUT2D eigenvalue weighted by Gasteiger charge is 2.40. The number of para-hydroxylation sites is 1. The minimum Gasteiger partial charge on any atom is -0.318 e. The Bertz CT molecular complexity index is 3630. The fourth-order valence-corrected chi connectivity index (χ4v) is 10.6. The first-order valence-corrected chi connectivity index (χ1v) is 23.4. The zero-order valence-electron chi connectivity index (χ0n) is 37.2. The van der Waals surface area contributed by atoms with Gasteiger partial charge in [0.2, 0.25) is 0 Å². The number of aromatic nitrogens is 3. The summed E-state index contributed by atoms with van der Waals surface area (Å²) in [7, 11) is 0. The lowest BCUT2D eigenvalue weighted by Crippen LogP contribution is -2.29. The Kier molecular flexibility index (Phi) is 9.61. The average Bonchev–Trinajstić information content (AvgIpc) is 3.95. The standard InChI is InChI=1S/C64H44N4/c1-5-19-43(20-6-1)47-37-48(44-21-7-2-8-22-44)40-51(39-47)55-29-17-33-61(65-55)67-57-31-15-13-27-53(57)63-59(67)35-36-60-64(63)54-28-14-16-32-58(54)68(60)62-34-18-30-56(66-62)52-41-49(45-23-9-3-10-24-45)38-50(42-52)46-25-11-4-12-26-46/h1-42,53,57H. The minimum absolute atomic E-state index is 0.0538. The fourth-order valence-electron chi connectivity index (χ4n) is 10.6. The van der Waals surface area contributed by atoms with Crippen molar-refractivity contribution in [2.45, 2.75) is 12.0 Å². The lowest BCUT2D eigenvalue weighted by atomic mass is 9.89. The van der Waals surface area contributed by atoms with Gasteiger partial charge in [-0.25, -0.2) is 9.97 Å². The van der Waals surface area contributed by atoms with Crippen molar-refractivity contribution in [3.63, 3.8) is 0 Å². The van der Waals surface area contributed by atoms with Crippen molar-refractivity contribution in [2.24, 2.45) is 0 Å². The van der Waals surface area contributed by atoms with Crippen LogP contribution in [0.3, 0.4) is 0 Å². The molecule has 0 fully saturated rings. The zero-order chi connectivity index (χ0) is 45.0. The van der Waals surface area contributed by atoms with Gasteiger partial charge in [0.05, 0.1) is 28.5 Å². The lowest BCUT2D eigenvalue weighted by Gasteiger charge is -2.28. The molecule has 3 aromatic heterocycles. The van der Waals surface area contributed by atoms with Crippen LogP contribution >= 0.6 is 0 Å². The predicted molar refractivity (Wildman–Crippen MR) is 282 cm³/mol. The van der Waals surface area contributed by atoms with E-state index in [1.54, 1.807) is 0 Å². The molecule has 0 radical (unpaired) electrons. The Morgan fingerprint density at radius 3 is 1.34 bits per heavy atom. The van der Waals surface area contributed by atoms with Gasteiger partial charge in [-0.3, -0.25) is 4.57 Å². The van der Waals surface area contributed by atoms with E-state index in [9.17, 15) is 0 Å². The van der Waals surface area contributed by atoms with E-state index in [0.717, 1.165) is 67.4 Å². The second-order valence-corrected chi connectivity index (χ2v) is 17.7. The van der Waals surface area contributed by atoms with Gasteiger partial charge in [-0.05, 0) is 129 Å². The molecule has 0 saturated heterocycles. The van der Waals surface area contributed by atoms with Crippen molar-refractivity contribution in [1.82, 2.24) is 14.5 Å². The number of hydrogen-bond acceptors (Lipinski definition) is 3. The van der Waals surface area contributed by atoms with E-state index in [1.165, 1.54) is 44.3 Å². The van der Waals surface area contributed by atoms with Crippen molar-refractivity contribution in [3.05, 3.63) is 260 Å². The molecule has 1 aliphatic carbocycles. The van der Waals surface area contributed by atoms with Crippen molar-refractivity contribution < 1.29 is 0 Å². The molecule has 0 bridgehead atoms. The molecule has 320 valence electrons. The van der Waals surface area contributed by atoms with Gasteiger partial charge < -0.3 is 4.90 Å². The summed E-state index contributed by atoms with van der Waals surface area (Å²) in [5, 5.41) is 2.46. The number of rotatable bonds is 8. The fraction of sp³-hybridized carbons (Fsp3) is 0.0312. The van der Waals surface area contributed by atoms with Gasteiger partial charge in [0.15, 0.2) is 0 Å². The summed E-state index contributed by atoms with van der Waals surface area (Å²) in [6, 6.07) is 82.6. The average molecular weight is 869 g/mol. The number of pyridine rings is 2. The molecule has 2 aliphatic rings. The Morgan fingerprint density at radius 1 is 0.338 bits per heavy atom. The molecular formula is C64H44N4. The molecule has 0 N–H and O–H groups in total. The second kappa shape index (κ2) is 16.5. The topological polar surface area (TPSA) is 34.0 Å². The van der Waals surface area contributed by atoms with Gasteiger partial charge in [-0.1, -0.05) is 176 Å². The highest BCUT2D eigenvalue weighted by Crippen LogP contribution is 2.52. The second-order valence-electron chi connectivity index (χ2n) is 17.7. The van der Waals surface area contributed by atoms with E-state index in [1.807, 2.05) is 0 Å². The van der Waals surface area contributed by atoms with Crippen LogP contribution in [0.2, 0.25) is 0 Å². The number of benzene rings is 8. The highest BCUT2D eigenvalue weighted by molar-refractivity contribution is 6.13. The van der Waals surface area contributed by atoms with Crippen LogP contribution in [0.25, 0.3) is 94.6 Å². The smallest absolute Gasteiger partial charge is 0.138 e. The molecule has 0 spiro atoms. The molecule has 0 amide bonds. The van der Waals surface area contributed by atoms with E-state index in [0.29, 0.717) is 0 Å². The van der Waals surface area contributed by atoms with Gasteiger partial charge >= 0.3 is 0 Å². The summed E-state index contributed by atoms with van der Waals surface area (Å²) in [6.07, 6.45) is 9.10. The van der Waals surface area contributed by atoms with Crippen LogP contribution in [0.5, 0.6) is 0 Å². The van der Waals surface area contributed by atoms with E-state index in [2.05, 4.69) is 264 Å². The number of nitrogens with zero attached hydrogens (tertiary/aromatic N) is 4. The molecule has 2 unspecified atom stereocenters. The van der Waals surface area contributed by atoms with Crippen LogP contribution in [-0.4, -0.2) is 20.6 Å². The molecule has 1 aliphatic heterocycles. The highest BCUT2D eigenvalue weighted by atomic mass is 15.2. The number of hydrogen-bond donors (Lipinski definition) is 0. The van der Waals surface area contributed by atoms with Crippen LogP contribution in [0, 0.1) is 0 Å². The van der Waals surface area contributed by atoms with Gasteiger partial charge in [0, 0.05) is 33.5 Å². The summed E-state index contributed by atoms with van der Waals surface area (Å²) in [6.45, 7) is 0. The summed E-state index contributed by atoms with van der Waals surface area (Å²) in [5.74, 6) is 1.92. The normalized spacial score (nSPS) is 14.9. The first-order valence-electron chi connectivity index (χ1n) is 23.4. The molecule has 11 aromatic rings. The van der Waals surface area contributed by atoms with Crippen molar-refractivity contribution in [2.75, 3.05) is 4.90 Å². The molecule has 2 atom stereocenters. The Labute approximate surface area is 396 Å². The maximum Gasteiger partial charge on any atom is 0.138 e.